The molecule has 0 rings (SSSR count). The Morgan fingerprint density at radius 3 is 2.19 bits per heavy atom. The standard InChI is InChI=1S/C13H26N2O5S/c1-6-15(9-12(16)20-7-2)13(17)11(8-10(3)4)14-21(5,18)19/h10-11,14H,6-9H2,1-5H3. The number of ether oxygens (including phenoxy) is 1. The molecular formula is C13H26N2O5S. The minimum absolute atomic E-state index is 0.134. The van der Waals surface area contributed by atoms with Gasteiger partial charge < -0.3 is 9.64 Å². The molecule has 0 bridgehead atoms. The van der Waals surface area contributed by atoms with Gasteiger partial charge in [-0.3, -0.25) is 9.59 Å². The average Bonchev–Trinajstić information content (AvgIpc) is 2.32. The van der Waals surface area contributed by atoms with E-state index in [0.29, 0.717) is 13.0 Å². The number of amides is 1. The van der Waals surface area contributed by atoms with Crippen LogP contribution < -0.4 is 4.72 Å². The Morgan fingerprint density at radius 1 is 1.24 bits per heavy atom. The maximum Gasteiger partial charge on any atom is 0.325 e. The molecule has 0 radical (unpaired) electrons. The zero-order valence-corrected chi connectivity index (χ0v) is 14.2. The number of carbonyl (C=O) groups is 2. The fourth-order valence-electron chi connectivity index (χ4n) is 1.86. The Bertz CT molecular complexity index is 447. The van der Waals surface area contributed by atoms with Crippen molar-refractivity contribution in [1.82, 2.24) is 9.62 Å². The number of rotatable bonds is 9. The van der Waals surface area contributed by atoms with Crippen molar-refractivity contribution in [3.05, 3.63) is 0 Å². The quantitative estimate of drug-likeness (QED) is 0.619. The second-order valence-electron chi connectivity index (χ2n) is 5.23. The molecule has 1 N–H and O–H groups in total. The van der Waals surface area contributed by atoms with E-state index >= 15 is 0 Å². The molecule has 0 aromatic heterocycles. The normalized spacial score (nSPS) is 13.0. The molecule has 7 nitrogen and oxygen atoms in total. The van der Waals surface area contributed by atoms with Crippen molar-refractivity contribution in [2.45, 2.75) is 40.2 Å². The molecule has 1 atom stereocenters. The van der Waals surface area contributed by atoms with Crippen molar-refractivity contribution in [3.8, 4) is 0 Å². The summed E-state index contributed by atoms with van der Waals surface area (Å²) in [4.78, 5) is 25.2. The van der Waals surface area contributed by atoms with E-state index in [9.17, 15) is 18.0 Å². The van der Waals surface area contributed by atoms with Crippen LogP contribution in [-0.4, -0.2) is 57.2 Å². The lowest BCUT2D eigenvalue weighted by Crippen LogP contribution is -2.50. The summed E-state index contributed by atoms with van der Waals surface area (Å²) in [5.74, 6) is -0.783. The van der Waals surface area contributed by atoms with Crippen molar-refractivity contribution >= 4 is 21.9 Å². The Balaban J connectivity index is 5.00. The number of nitrogens with one attached hydrogen (secondary N) is 1. The van der Waals surface area contributed by atoms with Crippen molar-refractivity contribution in [2.24, 2.45) is 5.92 Å². The van der Waals surface area contributed by atoms with Gasteiger partial charge in [0.05, 0.1) is 12.9 Å². The van der Waals surface area contributed by atoms with E-state index in [1.165, 1.54) is 4.90 Å². The Hall–Kier alpha value is -1.15. The van der Waals surface area contributed by atoms with Crippen LogP contribution in [0.25, 0.3) is 0 Å². The summed E-state index contributed by atoms with van der Waals surface area (Å²) in [6.07, 6.45) is 1.38. The summed E-state index contributed by atoms with van der Waals surface area (Å²) in [5, 5.41) is 0. The van der Waals surface area contributed by atoms with Gasteiger partial charge in [-0.05, 0) is 26.2 Å². The zero-order chi connectivity index (χ0) is 16.6. The third-order valence-corrected chi connectivity index (χ3v) is 3.39. The van der Waals surface area contributed by atoms with Crippen molar-refractivity contribution in [3.63, 3.8) is 0 Å². The number of nitrogens with zero attached hydrogens (tertiary/aromatic N) is 1. The van der Waals surface area contributed by atoms with Gasteiger partial charge >= 0.3 is 5.97 Å². The van der Waals surface area contributed by atoms with Crippen LogP contribution in [0, 0.1) is 5.92 Å². The molecule has 1 unspecified atom stereocenters. The van der Waals surface area contributed by atoms with Crippen LogP contribution in [0.2, 0.25) is 0 Å². The Kier molecular flexibility index (Phi) is 8.50. The van der Waals surface area contributed by atoms with Crippen molar-refractivity contribution < 1.29 is 22.7 Å². The van der Waals surface area contributed by atoms with Gasteiger partial charge in [-0.25, -0.2) is 13.1 Å². The highest BCUT2D eigenvalue weighted by molar-refractivity contribution is 7.88. The first-order valence-corrected chi connectivity index (χ1v) is 8.91. The lowest BCUT2D eigenvalue weighted by molar-refractivity contribution is -0.149. The molecule has 0 aliphatic heterocycles. The number of likely N-dealkylation sites (N-methyl/N-ethyl adjacent to an activating group) is 1. The molecule has 8 heteroatoms. The first kappa shape index (κ1) is 19.9. The van der Waals surface area contributed by atoms with Gasteiger partial charge in [-0.1, -0.05) is 13.8 Å². The lowest BCUT2D eigenvalue weighted by atomic mass is 10.0. The topological polar surface area (TPSA) is 92.8 Å². The lowest BCUT2D eigenvalue weighted by Gasteiger charge is -2.26. The summed E-state index contributed by atoms with van der Waals surface area (Å²) >= 11 is 0. The predicted molar refractivity (Wildman–Crippen MR) is 80.1 cm³/mol. The number of hydrogen-bond acceptors (Lipinski definition) is 5. The van der Waals surface area contributed by atoms with Gasteiger partial charge in [0, 0.05) is 6.54 Å². The van der Waals surface area contributed by atoms with E-state index in [2.05, 4.69) is 4.72 Å². The van der Waals surface area contributed by atoms with E-state index in [4.69, 9.17) is 4.74 Å². The van der Waals surface area contributed by atoms with Gasteiger partial charge in [-0.2, -0.15) is 0 Å². The molecule has 0 saturated carbocycles. The fraction of sp³-hybridized carbons (Fsp3) is 0.846. The Labute approximate surface area is 127 Å². The number of hydrogen-bond donors (Lipinski definition) is 1. The van der Waals surface area contributed by atoms with Crippen LogP contribution in [0.15, 0.2) is 0 Å². The smallest absolute Gasteiger partial charge is 0.325 e. The van der Waals surface area contributed by atoms with Crippen molar-refractivity contribution in [2.75, 3.05) is 26.0 Å². The summed E-state index contributed by atoms with van der Waals surface area (Å²) in [5.41, 5.74) is 0. The average molecular weight is 322 g/mol. The minimum atomic E-state index is -3.51. The van der Waals surface area contributed by atoms with Gasteiger partial charge in [-0.15, -0.1) is 0 Å². The number of sulfonamides is 1. The molecule has 0 spiro atoms. The van der Waals surface area contributed by atoms with Crippen LogP contribution in [0.3, 0.4) is 0 Å². The zero-order valence-electron chi connectivity index (χ0n) is 13.4. The second-order valence-corrected chi connectivity index (χ2v) is 7.01. The van der Waals surface area contributed by atoms with Crippen LogP contribution in [0.4, 0.5) is 0 Å². The summed E-state index contributed by atoms with van der Waals surface area (Å²) < 4.78 is 29.9. The molecule has 124 valence electrons. The largest absolute Gasteiger partial charge is 0.465 e. The third kappa shape index (κ3) is 8.67. The molecular weight excluding hydrogens is 296 g/mol. The van der Waals surface area contributed by atoms with E-state index in [-0.39, 0.29) is 19.1 Å². The molecule has 21 heavy (non-hydrogen) atoms. The van der Waals surface area contributed by atoms with E-state index in [0.717, 1.165) is 6.26 Å². The molecule has 0 heterocycles. The summed E-state index contributed by atoms with van der Waals surface area (Å²) in [7, 11) is -3.51. The predicted octanol–water partition coefficient (Wildman–Crippen LogP) is 0.362. The summed E-state index contributed by atoms with van der Waals surface area (Å²) in [6.45, 7) is 7.56. The molecule has 1 amide bonds. The van der Waals surface area contributed by atoms with Crippen LogP contribution >= 0.6 is 0 Å². The third-order valence-electron chi connectivity index (χ3n) is 2.68. The highest BCUT2D eigenvalue weighted by Crippen LogP contribution is 2.09. The number of carbonyl (C=O) groups excluding carboxylic acids is 2. The van der Waals surface area contributed by atoms with Crippen molar-refractivity contribution in [1.29, 1.82) is 0 Å². The summed E-state index contributed by atoms with van der Waals surface area (Å²) in [6, 6.07) is -0.866. The first-order chi connectivity index (χ1) is 9.60. The van der Waals surface area contributed by atoms with E-state index < -0.39 is 27.9 Å². The van der Waals surface area contributed by atoms with Gasteiger partial charge in [0.15, 0.2) is 0 Å². The molecule has 0 fully saturated rings. The molecule has 0 aliphatic rings. The van der Waals surface area contributed by atoms with Crippen LogP contribution in [-0.2, 0) is 24.3 Å². The SMILES string of the molecule is CCOC(=O)CN(CC)C(=O)C(CC(C)C)NS(C)(=O)=O. The van der Waals surface area contributed by atoms with E-state index in [1.807, 2.05) is 13.8 Å². The highest BCUT2D eigenvalue weighted by Gasteiger charge is 2.28. The van der Waals surface area contributed by atoms with Crippen LogP contribution in [0.5, 0.6) is 0 Å². The van der Waals surface area contributed by atoms with Gasteiger partial charge in [0.1, 0.15) is 12.6 Å². The maximum absolute atomic E-state index is 12.4. The second kappa shape index (κ2) is 8.99. The molecule has 0 aromatic carbocycles. The van der Waals surface area contributed by atoms with E-state index in [1.54, 1.807) is 13.8 Å². The van der Waals surface area contributed by atoms with Crippen LogP contribution in [0.1, 0.15) is 34.1 Å². The monoisotopic (exact) mass is 322 g/mol. The molecule has 0 saturated heterocycles. The molecule has 0 aromatic rings. The van der Waals surface area contributed by atoms with Gasteiger partial charge in [0.2, 0.25) is 15.9 Å². The maximum atomic E-state index is 12.4. The molecule has 0 aliphatic carbocycles. The number of esters is 1. The Morgan fingerprint density at radius 2 is 1.81 bits per heavy atom. The van der Waals surface area contributed by atoms with Gasteiger partial charge in [0.25, 0.3) is 0 Å². The minimum Gasteiger partial charge on any atom is -0.465 e. The fourth-order valence-corrected chi connectivity index (χ4v) is 2.57. The highest BCUT2D eigenvalue weighted by atomic mass is 32.2. The first-order valence-electron chi connectivity index (χ1n) is 7.02.